The first-order valence-electron chi connectivity index (χ1n) is 26.6. The number of rotatable bonds is 43. The molecular formula is C52H97N5O6. The highest BCUT2D eigenvalue weighted by atomic mass is 16.5. The van der Waals surface area contributed by atoms with Crippen LogP contribution in [0, 0.1) is 0 Å². The molecule has 2 heterocycles. The summed E-state index contributed by atoms with van der Waals surface area (Å²) in [5.74, 6) is -0.293. The summed E-state index contributed by atoms with van der Waals surface area (Å²) in [4.78, 5) is 43.0. The minimum absolute atomic E-state index is 0.0350. The van der Waals surface area contributed by atoms with Gasteiger partial charge >= 0.3 is 17.9 Å². The molecule has 0 N–H and O–H groups in total. The summed E-state index contributed by atoms with van der Waals surface area (Å²) in [6.45, 7) is 9.89. The lowest BCUT2D eigenvalue weighted by Crippen LogP contribution is -2.38. The highest BCUT2D eigenvalue weighted by Crippen LogP contribution is 2.29. The van der Waals surface area contributed by atoms with Crippen LogP contribution >= 0.6 is 0 Å². The van der Waals surface area contributed by atoms with Gasteiger partial charge in [0.2, 0.25) is 0 Å². The second-order valence-electron chi connectivity index (χ2n) is 19.1. The van der Waals surface area contributed by atoms with E-state index in [1.54, 1.807) is 0 Å². The van der Waals surface area contributed by atoms with E-state index in [4.69, 9.17) is 14.2 Å². The van der Waals surface area contributed by atoms with Crippen LogP contribution in [0.25, 0.3) is 0 Å². The molecular weight excluding hydrogens is 791 g/mol. The van der Waals surface area contributed by atoms with Gasteiger partial charge in [-0.1, -0.05) is 167 Å². The molecule has 0 saturated carbocycles. The van der Waals surface area contributed by atoms with Gasteiger partial charge in [0.25, 0.3) is 0 Å². The predicted octanol–water partition coefficient (Wildman–Crippen LogP) is 12.9. The van der Waals surface area contributed by atoms with Crippen molar-refractivity contribution in [1.29, 1.82) is 0 Å². The smallest absolute Gasteiger partial charge is 0.323 e. The van der Waals surface area contributed by atoms with Gasteiger partial charge in [-0.25, -0.2) is 4.68 Å². The number of ether oxygens (including phenoxy) is 3. The van der Waals surface area contributed by atoms with Crippen molar-refractivity contribution in [2.75, 3.05) is 40.4 Å². The number of aromatic nitrogens is 3. The monoisotopic (exact) mass is 888 g/mol. The second-order valence-corrected chi connectivity index (χ2v) is 19.1. The number of hydrogen-bond donors (Lipinski definition) is 0. The zero-order chi connectivity index (χ0) is 45.6. The Morgan fingerprint density at radius 2 is 1.10 bits per heavy atom. The van der Waals surface area contributed by atoms with Crippen molar-refractivity contribution in [2.45, 2.75) is 264 Å². The Kier molecular flexibility index (Phi) is 34.8. The lowest BCUT2D eigenvalue weighted by Gasteiger charge is -2.22. The summed E-state index contributed by atoms with van der Waals surface area (Å²) in [5, 5.41) is 8.80. The summed E-state index contributed by atoms with van der Waals surface area (Å²) in [7, 11) is 4.03. The van der Waals surface area contributed by atoms with Crippen LogP contribution in [0.5, 0.6) is 0 Å². The molecule has 1 fully saturated rings. The Bertz CT molecular complexity index is 1240. The number of likely N-dealkylation sites (tertiary alicyclic amines) is 1. The Hall–Kier alpha value is -2.53. The van der Waals surface area contributed by atoms with E-state index >= 15 is 0 Å². The second kappa shape index (κ2) is 38.7. The van der Waals surface area contributed by atoms with E-state index in [0.717, 1.165) is 102 Å². The van der Waals surface area contributed by atoms with Crippen molar-refractivity contribution < 1.29 is 28.6 Å². The van der Waals surface area contributed by atoms with Crippen LogP contribution in [0.3, 0.4) is 0 Å². The van der Waals surface area contributed by atoms with Crippen LogP contribution in [0.15, 0.2) is 6.20 Å². The van der Waals surface area contributed by atoms with Crippen LogP contribution < -0.4 is 0 Å². The number of nitrogens with zero attached hydrogens (tertiary/aromatic N) is 5. The van der Waals surface area contributed by atoms with E-state index in [-0.39, 0.29) is 36.1 Å². The molecule has 1 aromatic rings. The average Bonchev–Trinajstić information content (AvgIpc) is 3.91. The summed E-state index contributed by atoms with van der Waals surface area (Å²) in [5.41, 5.74) is 0.912. The molecule has 0 radical (unpaired) electrons. The van der Waals surface area contributed by atoms with Crippen LogP contribution in [0.1, 0.15) is 251 Å². The molecule has 63 heavy (non-hydrogen) atoms. The molecule has 2 atom stereocenters. The highest BCUT2D eigenvalue weighted by molar-refractivity contribution is 5.76. The molecule has 1 aliphatic rings. The third-order valence-electron chi connectivity index (χ3n) is 12.7. The molecule has 11 heteroatoms. The van der Waals surface area contributed by atoms with Crippen molar-refractivity contribution in [1.82, 2.24) is 24.8 Å². The van der Waals surface area contributed by atoms with Crippen LogP contribution in [0.4, 0.5) is 0 Å². The van der Waals surface area contributed by atoms with E-state index in [2.05, 4.69) is 40.9 Å². The minimum atomic E-state index is -0.324. The van der Waals surface area contributed by atoms with Crippen LogP contribution in [-0.2, 0) is 35.1 Å². The predicted molar refractivity (Wildman–Crippen MR) is 258 cm³/mol. The van der Waals surface area contributed by atoms with Gasteiger partial charge in [-0.15, -0.1) is 5.10 Å². The molecule has 1 aliphatic heterocycles. The van der Waals surface area contributed by atoms with Crippen molar-refractivity contribution >= 4 is 17.9 Å². The molecule has 1 unspecified atom stereocenters. The highest BCUT2D eigenvalue weighted by Gasteiger charge is 2.39. The summed E-state index contributed by atoms with van der Waals surface area (Å²) < 4.78 is 19.4. The first-order chi connectivity index (χ1) is 30.8. The van der Waals surface area contributed by atoms with Crippen LogP contribution in [-0.4, -0.2) is 95.2 Å². The largest absolute Gasteiger partial charge is 0.466 e. The van der Waals surface area contributed by atoms with Gasteiger partial charge in [0.15, 0.2) is 0 Å². The topological polar surface area (TPSA) is 116 Å². The quantitative estimate of drug-likeness (QED) is 0.0356. The van der Waals surface area contributed by atoms with Gasteiger partial charge < -0.3 is 19.1 Å². The van der Waals surface area contributed by atoms with Gasteiger partial charge in [-0.3, -0.25) is 19.3 Å². The summed E-state index contributed by atoms with van der Waals surface area (Å²) in [6.07, 6.45) is 39.2. The maximum atomic E-state index is 13.5. The fraction of sp³-hybridized carbons (Fsp3) is 0.904. The molecule has 2 rings (SSSR count). The number of esters is 3. The number of carbonyl (C=O) groups is 3. The van der Waals surface area contributed by atoms with Gasteiger partial charge in [0, 0.05) is 25.9 Å². The van der Waals surface area contributed by atoms with E-state index in [9.17, 15) is 14.4 Å². The van der Waals surface area contributed by atoms with E-state index in [1.165, 1.54) is 109 Å². The maximum Gasteiger partial charge on any atom is 0.323 e. The zero-order valence-corrected chi connectivity index (χ0v) is 41.6. The first-order valence-corrected chi connectivity index (χ1v) is 26.6. The molecule has 0 bridgehead atoms. The van der Waals surface area contributed by atoms with E-state index in [1.807, 2.05) is 25.0 Å². The SMILES string of the molecule is CCCCCCCCCCCOC(=O)CCCCCN1CC(n2cc(CN(C)C)nn2)C[C@H]1C(=O)OCCCCCCCC(=O)OC(CCCCCCCC)CCCCCCCC. The van der Waals surface area contributed by atoms with Gasteiger partial charge in [0.05, 0.1) is 31.1 Å². The standard InChI is InChI=1S/C52H97N5O6/c1-6-9-12-15-18-19-20-25-33-40-61-50(58)37-31-27-32-39-56-45-47(57-44-46(53-54-57)43-55(4)5)42-49(56)52(60)62-41-34-26-21-24-30-38-51(59)63-48(35-28-22-16-13-10-7-2)36-29-23-17-14-11-8-3/h44,47-49H,6-43,45H2,1-5H3/t47?,49-/m0/s1. The van der Waals surface area contributed by atoms with Crippen molar-refractivity contribution in [3.8, 4) is 0 Å². The first kappa shape index (κ1) is 56.6. The van der Waals surface area contributed by atoms with Gasteiger partial charge in [-0.2, -0.15) is 0 Å². The van der Waals surface area contributed by atoms with Gasteiger partial charge in [0.1, 0.15) is 12.1 Å². The average molecular weight is 888 g/mol. The molecule has 0 aliphatic carbocycles. The van der Waals surface area contributed by atoms with Crippen molar-refractivity contribution in [2.24, 2.45) is 0 Å². The molecule has 0 aromatic carbocycles. The third kappa shape index (κ3) is 29.6. The van der Waals surface area contributed by atoms with Crippen molar-refractivity contribution in [3.05, 3.63) is 11.9 Å². The maximum absolute atomic E-state index is 13.5. The Balaban J connectivity index is 1.69. The lowest BCUT2D eigenvalue weighted by molar-refractivity contribution is -0.150. The number of hydrogen-bond acceptors (Lipinski definition) is 10. The fourth-order valence-electron chi connectivity index (χ4n) is 8.87. The van der Waals surface area contributed by atoms with E-state index < -0.39 is 0 Å². The van der Waals surface area contributed by atoms with E-state index in [0.29, 0.717) is 45.6 Å². The lowest BCUT2D eigenvalue weighted by atomic mass is 10.0. The summed E-state index contributed by atoms with van der Waals surface area (Å²) >= 11 is 0. The molecule has 1 saturated heterocycles. The molecule has 0 amide bonds. The number of carbonyl (C=O) groups excluding carboxylic acids is 3. The Morgan fingerprint density at radius 3 is 1.65 bits per heavy atom. The Morgan fingerprint density at radius 1 is 0.619 bits per heavy atom. The third-order valence-corrected chi connectivity index (χ3v) is 12.7. The minimum Gasteiger partial charge on any atom is -0.466 e. The molecule has 11 nitrogen and oxygen atoms in total. The molecule has 1 aromatic heterocycles. The van der Waals surface area contributed by atoms with Crippen molar-refractivity contribution in [3.63, 3.8) is 0 Å². The van der Waals surface area contributed by atoms with Crippen LogP contribution in [0.2, 0.25) is 0 Å². The Labute approximate surface area is 386 Å². The normalized spacial score (nSPS) is 15.5. The fourth-order valence-corrected chi connectivity index (χ4v) is 8.87. The van der Waals surface area contributed by atoms with Gasteiger partial charge in [-0.05, 0) is 84.8 Å². The zero-order valence-electron chi connectivity index (χ0n) is 41.6. The molecule has 0 spiro atoms. The number of unbranched alkanes of at least 4 members (excludes halogenated alkanes) is 24. The summed E-state index contributed by atoms with van der Waals surface area (Å²) in [6, 6.07) is -0.273. The molecule has 366 valence electrons.